The molecule has 1 aromatic heterocycles. The number of methoxy groups -OCH3 is 1. The quantitative estimate of drug-likeness (QED) is 0.650. The van der Waals surface area contributed by atoms with Gasteiger partial charge in [0.1, 0.15) is 17.6 Å². The number of pyridine rings is 1. The molecule has 1 fully saturated rings. The van der Waals surface area contributed by atoms with E-state index in [0.29, 0.717) is 29.9 Å². The lowest BCUT2D eigenvalue weighted by Gasteiger charge is -2.26. The number of ether oxygens (including phenoxy) is 1. The molecule has 0 saturated carbocycles. The Hall–Kier alpha value is -3.31. The number of halogens is 3. The molecule has 0 radical (unpaired) electrons. The second kappa shape index (κ2) is 9.67. The van der Waals surface area contributed by atoms with Gasteiger partial charge in [0.2, 0.25) is 5.88 Å². The number of carbonyl (C=O) groups excluding carboxylic acids is 1. The Bertz CT molecular complexity index is 1200. The van der Waals surface area contributed by atoms with Crippen LogP contribution in [0.4, 0.5) is 8.78 Å². The van der Waals surface area contributed by atoms with Crippen LogP contribution >= 0.6 is 11.6 Å². The van der Waals surface area contributed by atoms with Gasteiger partial charge >= 0.3 is 0 Å². The van der Waals surface area contributed by atoms with E-state index in [0.717, 1.165) is 19.3 Å². The maximum atomic E-state index is 14.4. The van der Waals surface area contributed by atoms with E-state index in [4.69, 9.17) is 21.6 Å². The number of carbonyl (C=O) groups is 1. The number of rotatable bonds is 5. The highest BCUT2D eigenvalue weighted by atomic mass is 35.5. The van der Waals surface area contributed by atoms with Crippen molar-refractivity contribution in [3.63, 3.8) is 0 Å². The maximum Gasteiger partial charge on any atom is 0.273 e. The van der Waals surface area contributed by atoms with E-state index >= 15 is 0 Å². The summed E-state index contributed by atoms with van der Waals surface area (Å²) in [6.45, 7) is 1.25. The SMILES string of the molecule is COc1ncc(CC2C(c3ccc(C#N)c(F)c3)=NC(C(=O)N3CCCCC3)=C2Cl)cc1F. The van der Waals surface area contributed by atoms with E-state index in [-0.39, 0.29) is 34.5 Å². The Morgan fingerprint density at radius 1 is 1.24 bits per heavy atom. The highest BCUT2D eigenvalue weighted by molar-refractivity contribution is 6.36. The van der Waals surface area contributed by atoms with Crippen LogP contribution in [0.25, 0.3) is 0 Å². The zero-order valence-electron chi connectivity index (χ0n) is 17.9. The summed E-state index contributed by atoms with van der Waals surface area (Å²) in [5.74, 6) is -2.32. The third kappa shape index (κ3) is 4.60. The molecular weight excluding hydrogens is 450 g/mol. The summed E-state index contributed by atoms with van der Waals surface area (Å²) < 4.78 is 33.5. The predicted octanol–water partition coefficient (Wildman–Crippen LogP) is 4.36. The Kier molecular flexibility index (Phi) is 6.70. The van der Waals surface area contributed by atoms with E-state index in [9.17, 15) is 13.6 Å². The molecule has 1 aromatic carbocycles. The van der Waals surface area contributed by atoms with Gasteiger partial charge in [0, 0.05) is 25.2 Å². The number of allylic oxidation sites excluding steroid dienone is 1. The first kappa shape index (κ1) is 22.9. The second-order valence-corrected chi connectivity index (χ2v) is 8.35. The van der Waals surface area contributed by atoms with Crippen molar-refractivity contribution in [1.29, 1.82) is 5.26 Å². The number of nitriles is 1. The maximum absolute atomic E-state index is 14.4. The number of benzene rings is 1. The van der Waals surface area contributed by atoms with Crippen molar-refractivity contribution in [1.82, 2.24) is 9.88 Å². The molecule has 0 bridgehead atoms. The minimum absolute atomic E-state index is 0.0982. The average molecular weight is 471 g/mol. The molecule has 2 aliphatic rings. The Balaban J connectivity index is 1.72. The smallest absolute Gasteiger partial charge is 0.273 e. The van der Waals surface area contributed by atoms with Gasteiger partial charge < -0.3 is 9.64 Å². The molecular formula is C24H21ClF2N4O2. The zero-order chi connectivity index (χ0) is 23.5. The molecule has 0 spiro atoms. The summed E-state index contributed by atoms with van der Waals surface area (Å²) in [7, 11) is 1.32. The summed E-state index contributed by atoms with van der Waals surface area (Å²) >= 11 is 6.68. The number of hydrogen-bond acceptors (Lipinski definition) is 5. The normalized spacial score (nSPS) is 18.2. The molecule has 2 aliphatic heterocycles. The molecule has 170 valence electrons. The van der Waals surface area contributed by atoms with Crippen molar-refractivity contribution in [3.05, 3.63) is 69.5 Å². The number of nitrogens with zero attached hydrogens (tertiary/aromatic N) is 4. The lowest BCUT2D eigenvalue weighted by molar-refractivity contribution is -0.128. The van der Waals surface area contributed by atoms with Crippen LogP contribution in [0.1, 0.15) is 36.0 Å². The van der Waals surface area contributed by atoms with Gasteiger partial charge in [-0.15, -0.1) is 0 Å². The standard InChI is InChI=1S/C24H21ClF2N4O2/c1-33-23-19(27)10-14(13-29-23)9-17-20(25)22(24(32)31-7-3-2-4-8-31)30-21(17)15-5-6-16(12-28)18(26)11-15/h5-6,10-11,13,17H,2-4,7-9H2,1H3. The average Bonchev–Trinajstić information content (AvgIpc) is 3.15. The molecule has 0 aliphatic carbocycles. The molecule has 33 heavy (non-hydrogen) atoms. The highest BCUT2D eigenvalue weighted by Gasteiger charge is 2.35. The predicted molar refractivity (Wildman–Crippen MR) is 119 cm³/mol. The van der Waals surface area contributed by atoms with Crippen LogP contribution in [-0.4, -0.2) is 41.7 Å². The lowest BCUT2D eigenvalue weighted by atomic mass is 9.91. The summed E-state index contributed by atoms with van der Waals surface area (Å²) in [4.78, 5) is 23.4. The summed E-state index contributed by atoms with van der Waals surface area (Å²) in [5.41, 5.74) is 1.33. The number of hydrogen-bond donors (Lipinski definition) is 0. The second-order valence-electron chi connectivity index (χ2n) is 7.94. The van der Waals surface area contributed by atoms with Gasteiger partial charge in [0.05, 0.1) is 23.4 Å². The number of likely N-dealkylation sites (tertiary alicyclic amines) is 1. The van der Waals surface area contributed by atoms with Crippen LogP contribution in [0.5, 0.6) is 5.88 Å². The van der Waals surface area contributed by atoms with E-state index in [1.54, 1.807) is 17.0 Å². The molecule has 2 aromatic rings. The first-order valence-corrected chi connectivity index (χ1v) is 11.0. The number of amides is 1. The molecule has 1 unspecified atom stereocenters. The highest BCUT2D eigenvalue weighted by Crippen LogP contribution is 2.36. The van der Waals surface area contributed by atoms with Gasteiger partial charge in [-0.3, -0.25) is 4.79 Å². The summed E-state index contributed by atoms with van der Waals surface area (Å²) in [5, 5.41) is 9.26. The number of aliphatic imine (C=N–C) groups is 1. The van der Waals surface area contributed by atoms with Crippen molar-refractivity contribution in [2.45, 2.75) is 25.7 Å². The van der Waals surface area contributed by atoms with Gasteiger partial charge in [-0.1, -0.05) is 17.7 Å². The van der Waals surface area contributed by atoms with Crippen LogP contribution < -0.4 is 4.74 Å². The van der Waals surface area contributed by atoms with Crippen molar-refractivity contribution in [2.24, 2.45) is 10.9 Å². The fourth-order valence-corrected chi connectivity index (χ4v) is 4.42. The van der Waals surface area contributed by atoms with Gasteiger partial charge in [-0.2, -0.15) is 5.26 Å². The van der Waals surface area contributed by atoms with E-state index in [1.807, 2.05) is 0 Å². The van der Waals surface area contributed by atoms with Crippen molar-refractivity contribution in [3.8, 4) is 11.9 Å². The van der Waals surface area contributed by atoms with Crippen LogP contribution in [0, 0.1) is 28.9 Å². The Morgan fingerprint density at radius 3 is 2.64 bits per heavy atom. The molecule has 6 nitrogen and oxygen atoms in total. The number of aromatic nitrogens is 1. The third-order valence-corrected chi connectivity index (χ3v) is 6.27. The molecule has 3 heterocycles. The van der Waals surface area contributed by atoms with Crippen molar-refractivity contribution < 1.29 is 18.3 Å². The molecule has 1 amide bonds. The van der Waals surface area contributed by atoms with Gasteiger partial charge in [0.15, 0.2) is 5.82 Å². The first-order chi connectivity index (χ1) is 15.9. The zero-order valence-corrected chi connectivity index (χ0v) is 18.7. The van der Waals surface area contributed by atoms with Crippen LogP contribution in [0.3, 0.4) is 0 Å². The number of piperidine rings is 1. The minimum Gasteiger partial charge on any atom is -0.479 e. The van der Waals surface area contributed by atoms with E-state index in [2.05, 4.69) is 9.98 Å². The molecule has 1 saturated heterocycles. The first-order valence-electron chi connectivity index (χ1n) is 10.6. The third-order valence-electron chi connectivity index (χ3n) is 5.82. The lowest BCUT2D eigenvalue weighted by Crippen LogP contribution is -2.36. The summed E-state index contributed by atoms with van der Waals surface area (Å²) in [6, 6.07) is 7.21. The summed E-state index contributed by atoms with van der Waals surface area (Å²) in [6.07, 6.45) is 4.55. The van der Waals surface area contributed by atoms with Crippen LogP contribution in [-0.2, 0) is 11.2 Å². The van der Waals surface area contributed by atoms with Crippen LogP contribution in [0.15, 0.2) is 46.2 Å². The molecule has 9 heteroatoms. The Morgan fingerprint density at radius 2 is 2.00 bits per heavy atom. The molecule has 4 rings (SSSR count). The Labute approximate surface area is 195 Å². The fraction of sp³-hybridized carbons (Fsp3) is 0.333. The largest absolute Gasteiger partial charge is 0.479 e. The van der Waals surface area contributed by atoms with Gasteiger partial charge in [-0.05, 0) is 55.0 Å². The molecule has 0 N–H and O–H groups in total. The van der Waals surface area contributed by atoms with E-state index in [1.165, 1.54) is 31.5 Å². The monoisotopic (exact) mass is 470 g/mol. The van der Waals surface area contributed by atoms with Crippen LogP contribution in [0.2, 0.25) is 0 Å². The van der Waals surface area contributed by atoms with Gasteiger partial charge in [-0.25, -0.2) is 18.8 Å². The van der Waals surface area contributed by atoms with Crippen molar-refractivity contribution >= 4 is 23.2 Å². The molecule has 1 atom stereocenters. The fourth-order valence-electron chi connectivity index (χ4n) is 4.11. The van der Waals surface area contributed by atoms with Gasteiger partial charge in [0.25, 0.3) is 5.91 Å². The minimum atomic E-state index is -0.694. The topological polar surface area (TPSA) is 78.6 Å². The van der Waals surface area contributed by atoms with Crippen molar-refractivity contribution in [2.75, 3.05) is 20.2 Å². The van der Waals surface area contributed by atoms with E-state index < -0.39 is 17.6 Å².